The molecule has 2 N–H and O–H groups in total. The molecule has 0 amide bonds. The topological polar surface area (TPSA) is 61.5 Å². The molecule has 0 aromatic heterocycles. The maximum atomic E-state index is 11.0. The van der Waals surface area contributed by atoms with Crippen LogP contribution in [0.25, 0.3) is 0 Å². The van der Waals surface area contributed by atoms with Gasteiger partial charge < -0.3 is 15.2 Å². The molecule has 78 valence electrons. The van der Waals surface area contributed by atoms with Crippen molar-refractivity contribution < 1.29 is 14.3 Å². The van der Waals surface area contributed by atoms with Crippen molar-refractivity contribution in [2.45, 2.75) is 32.2 Å². The molecule has 1 unspecified atom stereocenters. The number of hydrogen-bond acceptors (Lipinski definition) is 4. The molecule has 0 heterocycles. The lowest BCUT2D eigenvalue weighted by molar-refractivity contribution is -0.144. The first-order valence-corrected chi connectivity index (χ1v) is 4.57. The Morgan fingerprint density at radius 2 is 2.15 bits per heavy atom. The van der Waals surface area contributed by atoms with Crippen LogP contribution in [0.2, 0.25) is 0 Å². The average Bonchev–Trinajstić information content (AvgIpc) is 2.09. The van der Waals surface area contributed by atoms with Gasteiger partial charge in [0.15, 0.2) is 0 Å². The molecule has 0 fully saturated rings. The summed E-state index contributed by atoms with van der Waals surface area (Å²) in [5.41, 5.74) is 5.49. The molecule has 1 atom stereocenters. The van der Waals surface area contributed by atoms with Crippen molar-refractivity contribution >= 4 is 5.97 Å². The second-order valence-electron chi connectivity index (χ2n) is 3.08. The summed E-state index contributed by atoms with van der Waals surface area (Å²) < 4.78 is 9.73. The predicted molar refractivity (Wildman–Crippen MR) is 50.3 cm³/mol. The minimum absolute atomic E-state index is 0.0616. The van der Waals surface area contributed by atoms with Gasteiger partial charge in [0.25, 0.3) is 0 Å². The molecule has 4 nitrogen and oxygen atoms in total. The summed E-state index contributed by atoms with van der Waals surface area (Å²) in [7, 11) is 1.62. The van der Waals surface area contributed by atoms with Crippen LogP contribution in [0.5, 0.6) is 0 Å². The van der Waals surface area contributed by atoms with Crippen molar-refractivity contribution in [3.8, 4) is 0 Å². The quantitative estimate of drug-likeness (QED) is 0.473. The molecule has 0 bridgehead atoms. The lowest BCUT2D eigenvalue weighted by Crippen LogP contribution is -2.17. The maximum absolute atomic E-state index is 11.0. The monoisotopic (exact) mass is 189 g/mol. The van der Waals surface area contributed by atoms with Crippen LogP contribution in [0.3, 0.4) is 0 Å². The number of esters is 1. The van der Waals surface area contributed by atoms with E-state index in [9.17, 15) is 4.79 Å². The number of methoxy groups -OCH3 is 1. The van der Waals surface area contributed by atoms with E-state index in [1.165, 1.54) is 0 Å². The van der Waals surface area contributed by atoms with E-state index in [2.05, 4.69) is 0 Å². The molecule has 0 aliphatic heterocycles. The van der Waals surface area contributed by atoms with Gasteiger partial charge in [-0.3, -0.25) is 4.79 Å². The van der Waals surface area contributed by atoms with Crippen molar-refractivity contribution in [2.24, 2.45) is 5.73 Å². The van der Waals surface area contributed by atoms with Gasteiger partial charge in [-0.2, -0.15) is 0 Å². The first kappa shape index (κ1) is 12.4. The molecule has 0 saturated heterocycles. The van der Waals surface area contributed by atoms with Gasteiger partial charge in [-0.25, -0.2) is 0 Å². The Bertz CT molecular complexity index is 137. The largest absolute Gasteiger partial charge is 0.466 e. The number of carbonyl (C=O) groups excluding carboxylic acids is 1. The summed E-state index contributed by atoms with van der Waals surface area (Å²) in [6.45, 7) is 2.93. The highest BCUT2D eigenvalue weighted by atomic mass is 16.5. The molecule has 0 saturated carbocycles. The van der Waals surface area contributed by atoms with Crippen LogP contribution in [-0.2, 0) is 14.3 Å². The van der Waals surface area contributed by atoms with Crippen LogP contribution in [0.4, 0.5) is 0 Å². The third kappa shape index (κ3) is 9.30. The number of rotatable bonds is 7. The Kier molecular flexibility index (Phi) is 7.63. The first-order valence-electron chi connectivity index (χ1n) is 4.57. The first-order chi connectivity index (χ1) is 6.16. The van der Waals surface area contributed by atoms with Gasteiger partial charge in [0.1, 0.15) is 0 Å². The van der Waals surface area contributed by atoms with Crippen molar-refractivity contribution in [3.05, 3.63) is 0 Å². The maximum Gasteiger partial charge on any atom is 0.305 e. The van der Waals surface area contributed by atoms with Crippen LogP contribution in [0.1, 0.15) is 26.2 Å². The number of nitrogens with two attached hydrogens (primary N) is 1. The summed E-state index contributed by atoms with van der Waals surface area (Å²) >= 11 is 0. The third-order valence-electron chi connectivity index (χ3n) is 1.56. The van der Waals surface area contributed by atoms with Gasteiger partial charge in [-0.15, -0.1) is 0 Å². The molecular weight excluding hydrogens is 170 g/mol. The highest BCUT2D eigenvalue weighted by Crippen LogP contribution is 1.96. The number of carbonyl (C=O) groups is 1. The number of ether oxygens (including phenoxy) is 2. The SMILES string of the molecule is COCCCOC(=O)CCC(C)N. The molecule has 0 spiro atoms. The molecule has 0 aromatic carbocycles. The van der Waals surface area contributed by atoms with Gasteiger partial charge in [0.05, 0.1) is 6.61 Å². The normalized spacial score (nSPS) is 12.5. The van der Waals surface area contributed by atoms with Gasteiger partial charge in [-0.05, 0) is 13.3 Å². The fourth-order valence-electron chi connectivity index (χ4n) is 0.807. The Labute approximate surface area is 79.4 Å². The van der Waals surface area contributed by atoms with E-state index in [-0.39, 0.29) is 12.0 Å². The van der Waals surface area contributed by atoms with Gasteiger partial charge in [0, 0.05) is 32.6 Å². The summed E-state index contributed by atoms with van der Waals surface area (Å²) in [4.78, 5) is 11.0. The lowest BCUT2D eigenvalue weighted by atomic mass is 10.2. The van der Waals surface area contributed by atoms with E-state index < -0.39 is 0 Å². The zero-order chi connectivity index (χ0) is 10.1. The Morgan fingerprint density at radius 3 is 2.69 bits per heavy atom. The molecule has 0 aliphatic rings. The molecule has 0 aromatic rings. The highest BCUT2D eigenvalue weighted by Gasteiger charge is 2.03. The highest BCUT2D eigenvalue weighted by molar-refractivity contribution is 5.69. The van der Waals surface area contributed by atoms with Crippen molar-refractivity contribution in [3.63, 3.8) is 0 Å². The van der Waals surface area contributed by atoms with Gasteiger partial charge in [0.2, 0.25) is 0 Å². The van der Waals surface area contributed by atoms with Crippen molar-refractivity contribution in [2.75, 3.05) is 20.3 Å². The van der Waals surface area contributed by atoms with E-state index >= 15 is 0 Å². The smallest absolute Gasteiger partial charge is 0.305 e. The zero-order valence-electron chi connectivity index (χ0n) is 8.41. The van der Waals surface area contributed by atoms with E-state index in [0.717, 1.165) is 6.42 Å². The Morgan fingerprint density at radius 1 is 1.46 bits per heavy atom. The summed E-state index contributed by atoms with van der Waals surface area (Å²) in [5, 5.41) is 0. The van der Waals surface area contributed by atoms with Crippen LogP contribution in [0.15, 0.2) is 0 Å². The predicted octanol–water partition coefficient (Wildman–Crippen LogP) is 0.694. The molecule has 0 aliphatic carbocycles. The van der Waals surface area contributed by atoms with Gasteiger partial charge >= 0.3 is 5.97 Å². The summed E-state index contributed by atoms with van der Waals surface area (Å²) in [5.74, 6) is -0.173. The standard InChI is InChI=1S/C9H19NO3/c1-8(10)4-5-9(11)13-7-3-6-12-2/h8H,3-7,10H2,1-2H3. The van der Waals surface area contributed by atoms with E-state index in [0.29, 0.717) is 26.1 Å². The minimum atomic E-state index is -0.173. The van der Waals surface area contributed by atoms with Gasteiger partial charge in [-0.1, -0.05) is 0 Å². The molecule has 0 rings (SSSR count). The number of hydrogen-bond donors (Lipinski definition) is 1. The second-order valence-corrected chi connectivity index (χ2v) is 3.08. The molecule has 4 heteroatoms. The molecule has 0 radical (unpaired) electrons. The summed E-state index contributed by atoms with van der Waals surface area (Å²) in [6, 6.07) is 0.0616. The third-order valence-corrected chi connectivity index (χ3v) is 1.56. The zero-order valence-corrected chi connectivity index (χ0v) is 8.41. The summed E-state index contributed by atoms with van der Waals surface area (Å²) in [6.07, 6.45) is 1.84. The van der Waals surface area contributed by atoms with Crippen molar-refractivity contribution in [1.29, 1.82) is 0 Å². The van der Waals surface area contributed by atoms with Crippen LogP contribution >= 0.6 is 0 Å². The van der Waals surface area contributed by atoms with E-state index in [1.54, 1.807) is 7.11 Å². The van der Waals surface area contributed by atoms with Crippen LogP contribution in [-0.4, -0.2) is 32.3 Å². The lowest BCUT2D eigenvalue weighted by Gasteiger charge is -2.05. The van der Waals surface area contributed by atoms with E-state index in [1.807, 2.05) is 6.92 Å². The fourth-order valence-corrected chi connectivity index (χ4v) is 0.807. The van der Waals surface area contributed by atoms with Crippen LogP contribution in [0, 0.1) is 0 Å². The van der Waals surface area contributed by atoms with E-state index in [4.69, 9.17) is 15.2 Å². The fraction of sp³-hybridized carbons (Fsp3) is 0.889. The molecular formula is C9H19NO3. The minimum Gasteiger partial charge on any atom is -0.466 e. The van der Waals surface area contributed by atoms with Crippen LogP contribution < -0.4 is 5.73 Å². The average molecular weight is 189 g/mol. The van der Waals surface area contributed by atoms with Crippen molar-refractivity contribution in [1.82, 2.24) is 0 Å². The Hall–Kier alpha value is -0.610. The second kappa shape index (κ2) is 8.01. The Balaban J connectivity index is 3.20. The molecule has 13 heavy (non-hydrogen) atoms.